The summed E-state index contributed by atoms with van der Waals surface area (Å²) in [5.74, 6) is 0. The molecule has 0 spiro atoms. The summed E-state index contributed by atoms with van der Waals surface area (Å²) in [7, 11) is -3.27. The minimum atomic E-state index is -3.27. The average Bonchev–Trinajstić information content (AvgIpc) is 2.37. The summed E-state index contributed by atoms with van der Waals surface area (Å²) in [4.78, 5) is 0. The van der Waals surface area contributed by atoms with E-state index in [-0.39, 0.29) is 0 Å². The van der Waals surface area contributed by atoms with Crippen molar-refractivity contribution in [2.75, 3.05) is 10.6 Å². The van der Waals surface area contributed by atoms with Gasteiger partial charge in [-0.25, -0.2) is 8.42 Å². The number of anilines is 1. The van der Waals surface area contributed by atoms with E-state index in [1.54, 1.807) is 0 Å². The number of aryl methyl sites for hydroxylation is 1. The number of nitrogens with zero attached hydrogens (tertiary/aromatic N) is 1. The van der Waals surface area contributed by atoms with Crippen molar-refractivity contribution in [1.29, 1.82) is 0 Å². The Morgan fingerprint density at radius 2 is 1.68 bits per heavy atom. The lowest BCUT2D eigenvalue weighted by molar-refractivity contribution is 0.596. The van der Waals surface area contributed by atoms with Gasteiger partial charge in [-0.3, -0.25) is 4.31 Å². The Hall–Kier alpha value is -1.81. The van der Waals surface area contributed by atoms with Crippen LogP contribution in [0.3, 0.4) is 0 Å². The minimum absolute atomic E-state index is 0.410. The standard InChI is InChI=1S/C15H15NO2S/c1-11-6-5-9-14-13-8-4-3-7-12(13)10-16(15(11)14)19(2,17)18/h3-9H,10H2,1-2H3. The van der Waals surface area contributed by atoms with E-state index in [9.17, 15) is 8.42 Å². The van der Waals surface area contributed by atoms with Crippen LogP contribution >= 0.6 is 0 Å². The van der Waals surface area contributed by atoms with Gasteiger partial charge in [-0.2, -0.15) is 0 Å². The predicted octanol–water partition coefficient (Wildman–Crippen LogP) is 2.94. The lowest BCUT2D eigenvalue weighted by atomic mass is 9.93. The van der Waals surface area contributed by atoms with Crippen LogP contribution in [0.1, 0.15) is 11.1 Å². The molecule has 0 saturated heterocycles. The highest BCUT2D eigenvalue weighted by Crippen LogP contribution is 2.41. The van der Waals surface area contributed by atoms with Crippen LogP contribution in [0.5, 0.6) is 0 Å². The van der Waals surface area contributed by atoms with Crippen molar-refractivity contribution < 1.29 is 8.42 Å². The zero-order chi connectivity index (χ0) is 13.6. The third-order valence-electron chi connectivity index (χ3n) is 3.51. The van der Waals surface area contributed by atoms with Gasteiger partial charge in [0, 0.05) is 5.56 Å². The summed E-state index contributed by atoms with van der Waals surface area (Å²) in [5.41, 5.74) is 4.96. The second-order valence-electron chi connectivity index (χ2n) is 4.90. The lowest BCUT2D eigenvalue weighted by Gasteiger charge is -2.32. The van der Waals surface area contributed by atoms with E-state index >= 15 is 0 Å². The van der Waals surface area contributed by atoms with E-state index in [4.69, 9.17) is 0 Å². The van der Waals surface area contributed by atoms with E-state index in [1.807, 2.05) is 49.4 Å². The first kappa shape index (κ1) is 12.2. The predicted molar refractivity (Wildman–Crippen MR) is 77.6 cm³/mol. The van der Waals surface area contributed by atoms with Crippen LogP contribution in [0.15, 0.2) is 42.5 Å². The Balaban J connectivity index is 2.35. The van der Waals surface area contributed by atoms with Gasteiger partial charge in [-0.05, 0) is 23.6 Å². The third kappa shape index (κ3) is 1.92. The monoisotopic (exact) mass is 273 g/mol. The van der Waals surface area contributed by atoms with E-state index in [2.05, 4.69) is 0 Å². The molecule has 98 valence electrons. The highest BCUT2D eigenvalue weighted by molar-refractivity contribution is 7.92. The normalized spacial score (nSPS) is 13.9. The Morgan fingerprint density at radius 3 is 2.42 bits per heavy atom. The van der Waals surface area contributed by atoms with Crippen molar-refractivity contribution in [2.45, 2.75) is 13.5 Å². The Bertz CT molecular complexity index is 750. The number of fused-ring (bicyclic) bond motifs is 3. The molecule has 0 radical (unpaired) electrons. The van der Waals surface area contributed by atoms with Crippen molar-refractivity contribution in [3.8, 4) is 11.1 Å². The Kier molecular flexibility index (Phi) is 2.64. The first-order valence-corrected chi connectivity index (χ1v) is 7.99. The van der Waals surface area contributed by atoms with Gasteiger partial charge in [0.1, 0.15) is 0 Å². The molecule has 0 amide bonds. The van der Waals surface area contributed by atoms with Crippen LogP contribution in [-0.4, -0.2) is 14.7 Å². The van der Waals surface area contributed by atoms with Crippen molar-refractivity contribution in [2.24, 2.45) is 0 Å². The molecule has 0 aromatic heterocycles. The van der Waals surface area contributed by atoms with Gasteiger partial charge in [-0.15, -0.1) is 0 Å². The number of sulfonamides is 1. The Morgan fingerprint density at radius 1 is 1.00 bits per heavy atom. The Labute approximate surface area is 113 Å². The number of hydrogen-bond donors (Lipinski definition) is 0. The summed E-state index contributed by atoms with van der Waals surface area (Å²) in [5, 5.41) is 0. The molecule has 0 fully saturated rings. The molecule has 0 unspecified atom stereocenters. The van der Waals surface area contributed by atoms with E-state index in [0.29, 0.717) is 6.54 Å². The molecule has 0 atom stereocenters. The molecule has 3 nitrogen and oxygen atoms in total. The van der Waals surface area contributed by atoms with Gasteiger partial charge in [-0.1, -0.05) is 42.5 Å². The molecular formula is C15H15NO2S. The van der Waals surface area contributed by atoms with Crippen LogP contribution in [-0.2, 0) is 16.6 Å². The molecule has 1 heterocycles. The van der Waals surface area contributed by atoms with Gasteiger partial charge in [0.15, 0.2) is 0 Å². The number of hydrogen-bond acceptors (Lipinski definition) is 2. The molecule has 2 aromatic rings. The minimum Gasteiger partial charge on any atom is -0.265 e. The van der Waals surface area contributed by atoms with Crippen molar-refractivity contribution in [1.82, 2.24) is 0 Å². The van der Waals surface area contributed by atoms with E-state index in [1.165, 1.54) is 10.6 Å². The molecule has 19 heavy (non-hydrogen) atoms. The van der Waals surface area contributed by atoms with Crippen LogP contribution in [0.4, 0.5) is 5.69 Å². The maximum atomic E-state index is 12.0. The maximum absolute atomic E-state index is 12.0. The third-order valence-corrected chi connectivity index (χ3v) is 4.62. The second-order valence-corrected chi connectivity index (χ2v) is 6.80. The van der Waals surface area contributed by atoms with Crippen molar-refractivity contribution in [3.05, 3.63) is 53.6 Å². The fraction of sp³-hybridized carbons (Fsp3) is 0.200. The molecule has 4 heteroatoms. The van der Waals surface area contributed by atoms with E-state index < -0.39 is 10.0 Å². The zero-order valence-electron chi connectivity index (χ0n) is 10.9. The lowest BCUT2D eigenvalue weighted by Crippen LogP contribution is -2.32. The van der Waals surface area contributed by atoms with Gasteiger partial charge in [0.25, 0.3) is 0 Å². The van der Waals surface area contributed by atoms with Crippen LogP contribution < -0.4 is 4.31 Å². The molecule has 0 saturated carbocycles. The molecule has 0 bridgehead atoms. The highest BCUT2D eigenvalue weighted by Gasteiger charge is 2.28. The molecule has 0 N–H and O–H groups in total. The summed E-state index contributed by atoms with van der Waals surface area (Å²) in [6, 6.07) is 13.9. The van der Waals surface area contributed by atoms with Gasteiger partial charge < -0.3 is 0 Å². The van der Waals surface area contributed by atoms with Gasteiger partial charge >= 0.3 is 0 Å². The van der Waals surface area contributed by atoms with Crippen molar-refractivity contribution in [3.63, 3.8) is 0 Å². The average molecular weight is 273 g/mol. The second kappa shape index (κ2) is 4.10. The smallest absolute Gasteiger partial charge is 0.232 e. The van der Waals surface area contributed by atoms with E-state index in [0.717, 1.165) is 27.9 Å². The van der Waals surface area contributed by atoms with Gasteiger partial charge in [0.2, 0.25) is 10.0 Å². The first-order chi connectivity index (χ1) is 8.98. The molecule has 2 aromatic carbocycles. The molecule has 3 rings (SSSR count). The quantitative estimate of drug-likeness (QED) is 0.801. The number of benzene rings is 2. The number of rotatable bonds is 1. The largest absolute Gasteiger partial charge is 0.265 e. The SMILES string of the molecule is Cc1cccc2c1N(S(C)(=O)=O)Cc1ccccc1-2. The zero-order valence-corrected chi connectivity index (χ0v) is 11.7. The fourth-order valence-corrected chi connectivity index (χ4v) is 3.59. The van der Waals surface area contributed by atoms with Crippen molar-refractivity contribution >= 4 is 15.7 Å². The van der Waals surface area contributed by atoms with Crippen LogP contribution in [0.25, 0.3) is 11.1 Å². The number of para-hydroxylation sites is 1. The summed E-state index contributed by atoms with van der Waals surface area (Å²) < 4.78 is 25.6. The van der Waals surface area contributed by atoms with Gasteiger partial charge in [0.05, 0.1) is 18.5 Å². The fourth-order valence-electron chi connectivity index (χ4n) is 2.65. The summed E-state index contributed by atoms with van der Waals surface area (Å²) >= 11 is 0. The summed E-state index contributed by atoms with van der Waals surface area (Å²) in [6.07, 6.45) is 1.26. The molecule has 1 aliphatic heterocycles. The summed E-state index contributed by atoms with van der Waals surface area (Å²) in [6.45, 7) is 2.36. The molecule has 1 aliphatic rings. The molecular weight excluding hydrogens is 258 g/mol. The highest BCUT2D eigenvalue weighted by atomic mass is 32.2. The maximum Gasteiger partial charge on any atom is 0.232 e. The topological polar surface area (TPSA) is 37.4 Å². The first-order valence-electron chi connectivity index (χ1n) is 6.14. The van der Waals surface area contributed by atoms with Crippen LogP contribution in [0.2, 0.25) is 0 Å². The molecule has 0 aliphatic carbocycles. The van der Waals surface area contributed by atoms with Crippen LogP contribution in [0, 0.1) is 6.92 Å².